The first-order chi connectivity index (χ1) is 11.6. The van der Waals surface area contributed by atoms with E-state index in [-0.39, 0.29) is 12.0 Å². The molecule has 1 fully saturated rings. The van der Waals surface area contributed by atoms with Crippen molar-refractivity contribution in [2.45, 2.75) is 25.3 Å². The van der Waals surface area contributed by atoms with Gasteiger partial charge >= 0.3 is 5.97 Å². The van der Waals surface area contributed by atoms with Gasteiger partial charge in [0.25, 0.3) is 0 Å². The number of benzene rings is 1. The molecule has 1 aromatic carbocycles. The van der Waals surface area contributed by atoms with Crippen LogP contribution in [0.3, 0.4) is 0 Å². The highest BCUT2D eigenvalue weighted by Gasteiger charge is 2.30. The van der Waals surface area contributed by atoms with Crippen molar-refractivity contribution < 1.29 is 9.90 Å². The van der Waals surface area contributed by atoms with Gasteiger partial charge in [0.2, 0.25) is 0 Å². The van der Waals surface area contributed by atoms with Crippen molar-refractivity contribution in [3.8, 4) is 0 Å². The minimum Gasteiger partial charge on any atom is -0.481 e. The van der Waals surface area contributed by atoms with E-state index in [2.05, 4.69) is 37.9 Å². The number of hydrogen-bond acceptors (Lipinski definition) is 3. The molecule has 2 unspecified atom stereocenters. The summed E-state index contributed by atoms with van der Waals surface area (Å²) in [7, 11) is 0. The number of hydrogen-bond donors (Lipinski definition) is 1. The molecule has 2 heterocycles. The van der Waals surface area contributed by atoms with Crippen molar-refractivity contribution in [2.24, 2.45) is 5.92 Å². The highest BCUT2D eigenvalue weighted by Crippen LogP contribution is 2.30. The summed E-state index contributed by atoms with van der Waals surface area (Å²) in [6.07, 6.45) is 4.29. The third-order valence-corrected chi connectivity index (χ3v) is 5.15. The van der Waals surface area contributed by atoms with Crippen molar-refractivity contribution in [2.75, 3.05) is 13.1 Å². The first kappa shape index (κ1) is 17.1. The number of nitrogens with zero attached hydrogens (tertiary/aromatic N) is 2. The van der Waals surface area contributed by atoms with Crippen molar-refractivity contribution in [1.82, 2.24) is 9.88 Å². The molecule has 1 aromatic heterocycles. The van der Waals surface area contributed by atoms with Crippen LogP contribution in [0.2, 0.25) is 0 Å². The zero-order chi connectivity index (χ0) is 16.9. The lowest BCUT2D eigenvalue weighted by Crippen LogP contribution is -2.41. The van der Waals surface area contributed by atoms with Crippen LogP contribution in [-0.2, 0) is 11.2 Å². The summed E-state index contributed by atoms with van der Waals surface area (Å²) in [4.78, 5) is 18.2. The van der Waals surface area contributed by atoms with Crippen molar-refractivity contribution in [3.63, 3.8) is 0 Å². The minimum atomic E-state index is -0.688. The lowest BCUT2D eigenvalue weighted by atomic mass is 9.93. The number of aliphatic carboxylic acids is 1. The Labute approximate surface area is 150 Å². The first-order valence-corrected chi connectivity index (χ1v) is 9.05. The van der Waals surface area contributed by atoms with Gasteiger partial charge in [-0.15, -0.1) is 0 Å². The molecule has 0 spiro atoms. The molecular formula is C19H21BrN2O2. The molecule has 24 heavy (non-hydrogen) atoms. The van der Waals surface area contributed by atoms with E-state index >= 15 is 0 Å². The fraction of sp³-hybridized carbons (Fsp3) is 0.368. The normalized spacial score (nSPS) is 19.8. The molecule has 5 heteroatoms. The average Bonchev–Trinajstić information content (AvgIpc) is 2.61. The van der Waals surface area contributed by atoms with Crippen molar-refractivity contribution in [3.05, 3.63) is 64.4 Å². The quantitative estimate of drug-likeness (QED) is 0.842. The Kier molecular flexibility index (Phi) is 5.63. The number of likely N-dealkylation sites (tertiary alicyclic amines) is 1. The van der Waals surface area contributed by atoms with Crippen molar-refractivity contribution >= 4 is 21.9 Å². The molecule has 1 N–H and O–H groups in total. The maximum absolute atomic E-state index is 11.4. The van der Waals surface area contributed by atoms with Crippen LogP contribution in [0.1, 0.15) is 30.1 Å². The van der Waals surface area contributed by atoms with Gasteiger partial charge in [0.15, 0.2) is 0 Å². The number of carboxylic acid groups (broad SMARTS) is 1. The van der Waals surface area contributed by atoms with Gasteiger partial charge in [-0.2, -0.15) is 0 Å². The Morgan fingerprint density at radius 1 is 1.29 bits per heavy atom. The van der Waals surface area contributed by atoms with Crippen LogP contribution in [0.4, 0.5) is 0 Å². The van der Waals surface area contributed by atoms with E-state index in [1.54, 1.807) is 0 Å². The van der Waals surface area contributed by atoms with Gasteiger partial charge in [0.05, 0.1) is 5.92 Å². The second-order valence-corrected chi connectivity index (χ2v) is 7.18. The molecule has 0 radical (unpaired) electrons. The average molecular weight is 389 g/mol. The van der Waals surface area contributed by atoms with Crippen LogP contribution in [-0.4, -0.2) is 34.0 Å². The smallest absolute Gasteiger partial charge is 0.307 e. The molecule has 0 aliphatic carbocycles. The standard InChI is InChI=1S/C19H21BrN2O2/c20-16-8-6-14(7-9-16)18(12-17-5-1-2-10-21-17)22-11-3-4-15(13-22)19(23)24/h1-2,5-10,15,18H,3-4,11-13H2,(H,23,24). The lowest BCUT2D eigenvalue weighted by molar-refractivity contribution is -0.144. The van der Waals surface area contributed by atoms with Gasteiger partial charge < -0.3 is 5.11 Å². The molecule has 126 valence electrons. The van der Waals surface area contributed by atoms with E-state index in [0.29, 0.717) is 6.54 Å². The van der Waals surface area contributed by atoms with Crippen LogP contribution in [0.15, 0.2) is 53.1 Å². The van der Waals surface area contributed by atoms with Gasteiger partial charge in [-0.3, -0.25) is 14.7 Å². The van der Waals surface area contributed by atoms with Crippen molar-refractivity contribution in [1.29, 1.82) is 0 Å². The van der Waals surface area contributed by atoms with Gasteiger partial charge in [0.1, 0.15) is 0 Å². The Morgan fingerprint density at radius 3 is 2.75 bits per heavy atom. The zero-order valence-corrected chi connectivity index (χ0v) is 15.0. The summed E-state index contributed by atoms with van der Waals surface area (Å²) in [5, 5.41) is 9.39. The van der Waals surface area contributed by atoms with Crippen LogP contribution >= 0.6 is 15.9 Å². The molecule has 2 atom stereocenters. The summed E-state index contributed by atoms with van der Waals surface area (Å²) in [6.45, 7) is 1.53. The second-order valence-electron chi connectivity index (χ2n) is 6.26. The first-order valence-electron chi connectivity index (χ1n) is 8.25. The molecule has 0 amide bonds. The molecule has 1 saturated heterocycles. The summed E-state index contributed by atoms with van der Waals surface area (Å²) in [5.74, 6) is -0.965. The monoisotopic (exact) mass is 388 g/mol. The maximum atomic E-state index is 11.4. The Bertz CT molecular complexity index is 676. The highest BCUT2D eigenvalue weighted by atomic mass is 79.9. The zero-order valence-electron chi connectivity index (χ0n) is 13.4. The molecule has 3 rings (SSSR count). The number of halogens is 1. The van der Waals surface area contributed by atoms with Crippen LogP contribution < -0.4 is 0 Å². The van der Waals surface area contributed by atoms with Crippen LogP contribution in [0, 0.1) is 5.92 Å². The third kappa shape index (κ3) is 4.22. The maximum Gasteiger partial charge on any atom is 0.307 e. The summed E-state index contributed by atoms with van der Waals surface area (Å²) in [5.41, 5.74) is 2.23. The number of piperidine rings is 1. The molecular weight excluding hydrogens is 368 g/mol. The topological polar surface area (TPSA) is 53.4 Å². The van der Waals surface area contributed by atoms with E-state index in [9.17, 15) is 9.90 Å². The highest BCUT2D eigenvalue weighted by molar-refractivity contribution is 9.10. The number of carboxylic acids is 1. The SMILES string of the molecule is O=C(O)C1CCCN(C(Cc2ccccn2)c2ccc(Br)cc2)C1. The molecule has 2 aromatic rings. The Morgan fingerprint density at radius 2 is 2.08 bits per heavy atom. The largest absolute Gasteiger partial charge is 0.481 e. The fourth-order valence-corrected chi connectivity index (χ4v) is 3.62. The van der Waals surface area contributed by atoms with Gasteiger partial charge in [-0.1, -0.05) is 34.1 Å². The number of pyridine rings is 1. The third-order valence-electron chi connectivity index (χ3n) is 4.63. The van der Waals surface area contributed by atoms with E-state index in [1.807, 2.05) is 36.5 Å². The lowest BCUT2D eigenvalue weighted by Gasteiger charge is -2.37. The fourth-order valence-electron chi connectivity index (χ4n) is 3.35. The second kappa shape index (κ2) is 7.90. The van der Waals surface area contributed by atoms with Gasteiger partial charge in [0, 0.05) is 35.4 Å². The predicted octanol–water partition coefficient (Wildman–Crippen LogP) is 3.92. The summed E-state index contributed by atoms with van der Waals surface area (Å²) >= 11 is 3.48. The van der Waals surface area contributed by atoms with E-state index in [1.165, 1.54) is 5.56 Å². The minimum absolute atomic E-state index is 0.148. The predicted molar refractivity (Wildman–Crippen MR) is 96.8 cm³/mol. The number of rotatable bonds is 5. The molecule has 1 aliphatic heterocycles. The Hall–Kier alpha value is -1.72. The number of carbonyl (C=O) groups is 1. The van der Waals surface area contributed by atoms with Gasteiger partial charge in [-0.05, 0) is 49.2 Å². The van der Waals surface area contributed by atoms with Crippen LogP contribution in [0.5, 0.6) is 0 Å². The van der Waals surface area contributed by atoms with E-state index < -0.39 is 5.97 Å². The summed E-state index contributed by atoms with van der Waals surface area (Å²) in [6, 6.07) is 14.4. The van der Waals surface area contributed by atoms with E-state index in [4.69, 9.17) is 0 Å². The van der Waals surface area contributed by atoms with Gasteiger partial charge in [-0.25, -0.2) is 0 Å². The molecule has 0 bridgehead atoms. The van der Waals surface area contributed by atoms with Crippen LogP contribution in [0.25, 0.3) is 0 Å². The molecule has 1 aliphatic rings. The molecule has 0 saturated carbocycles. The molecule has 4 nitrogen and oxygen atoms in total. The van der Waals surface area contributed by atoms with E-state index in [0.717, 1.165) is 36.0 Å². The number of aromatic nitrogens is 1. The summed E-state index contributed by atoms with van der Waals surface area (Å²) < 4.78 is 1.05. The Balaban J connectivity index is 1.86.